The van der Waals surface area contributed by atoms with Crippen LogP contribution in [0.15, 0.2) is 0 Å². The van der Waals surface area contributed by atoms with Crippen molar-refractivity contribution in [2.75, 3.05) is 27.8 Å². The van der Waals surface area contributed by atoms with E-state index in [0.29, 0.717) is 11.2 Å². The highest BCUT2D eigenvalue weighted by molar-refractivity contribution is 7.90. The average Bonchev–Trinajstić information content (AvgIpc) is 1.82. The first-order valence-electron chi connectivity index (χ1n) is 3.94. The molecule has 0 heterocycles. The standard InChI is InChI=1S/C7H19N2O2S.CH3/c1-7(2)12(10,11)8-6-9(3,4)5;/h7-8H,6H2,1-5H3;1H3/q+1;-1. The molecule has 4 nitrogen and oxygen atoms in total. The third kappa shape index (κ3) is 6.98. The second-order valence-electron chi connectivity index (χ2n) is 4.19. The van der Waals surface area contributed by atoms with E-state index in [1.807, 2.05) is 21.1 Å². The van der Waals surface area contributed by atoms with Crippen molar-refractivity contribution in [3.8, 4) is 0 Å². The minimum atomic E-state index is -3.10. The highest BCUT2D eigenvalue weighted by Gasteiger charge is 2.18. The van der Waals surface area contributed by atoms with Crippen molar-refractivity contribution < 1.29 is 12.9 Å². The summed E-state index contributed by atoms with van der Waals surface area (Å²) in [7, 11) is 2.70. The molecule has 1 N–H and O–H groups in total. The van der Waals surface area contributed by atoms with Gasteiger partial charge in [-0.05, 0) is 13.8 Å². The normalized spacial score (nSPS) is 12.8. The van der Waals surface area contributed by atoms with Crippen LogP contribution in [-0.4, -0.2) is 46.0 Å². The maximum Gasteiger partial charge on any atom is 0.218 e. The van der Waals surface area contributed by atoms with Gasteiger partial charge in [-0.25, -0.2) is 8.42 Å². The summed E-state index contributed by atoms with van der Waals surface area (Å²) in [6.07, 6.45) is 0. The van der Waals surface area contributed by atoms with Crippen molar-refractivity contribution in [1.29, 1.82) is 0 Å². The molecular formula is C8H22N2O2S. The smallest absolute Gasteiger partial charge is 0.218 e. The van der Waals surface area contributed by atoms with Gasteiger partial charge in [0.15, 0.2) is 0 Å². The van der Waals surface area contributed by atoms with Gasteiger partial charge >= 0.3 is 0 Å². The largest absolute Gasteiger partial charge is 0.358 e. The van der Waals surface area contributed by atoms with Crippen molar-refractivity contribution in [3.05, 3.63) is 7.43 Å². The van der Waals surface area contributed by atoms with Gasteiger partial charge in [-0.15, -0.1) is 0 Å². The monoisotopic (exact) mass is 210 g/mol. The second kappa shape index (κ2) is 4.93. The van der Waals surface area contributed by atoms with E-state index < -0.39 is 10.0 Å². The van der Waals surface area contributed by atoms with E-state index in [0.717, 1.165) is 0 Å². The van der Waals surface area contributed by atoms with Crippen LogP contribution in [0.2, 0.25) is 0 Å². The van der Waals surface area contributed by atoms with Crippen molar-refractivity contribution in [1.82, 2.24) is 4.72 Å². The van der Waals surface area contributed by atoms with E-state index in [9.17, 15) is 8.42 Å². The zero-order valence-electron chi connectivity index (χ0n) is 9.46. The lowest BCUT2D eigenvalue weighted by atomic mass is 10.6. The molecule has 0 saturated carbocycles. The molecule has 13 heavy (non-hydrogen) atoms. The average molecular weight is 210 g/mol. The Kier molecular flexibility index (Phi) is 5.82. The lowest BCUT2D eigenvalue weighted by Crippen LogP contribution is -2.46. The Morgan fingerprint density at radius 2 is 1.62 bits per heavy atom. The van der Waals surface area contributed by atoms with Crippen LogP contribution < -0.4 is 4.72 Å². The van der Waals surface area contributed by atoms with Gasteiger partial charge in [0.2, 0.25) is 10.0 Å². The van der Waals surface area contributed by atoms with Gasteiger partial charge in [0.05, 0.1) is 26.4 Å². The lowest BCUT2D eigenvalue weighted by molar-refractivity contribution is -0.871. The molecule has 0 aromatic heterocycles. The molecule has 0 aliphatic carbocycles. The SMILES string of the molecule is CC(C)S(=O)(=O)NC[N+](C)(C)C.[CH3-]. The maximum absolute atomic E-state index is 11.3. The summed E-state index contributed by atoms with van der Waals surface area (Å²) < 4.78 is 25.6. The Hall–Kier alpha value is -0.130. The molecule has 0 amide bonds. The Morgan fingerprint density at radius 1 is 1.23 bits per heavy atom. The number of rotatable bonds is 4. The molecule has 0 radical (unpaired) electrons. The van der Waals surface area contributed by atoms with Crippen LogP contribution in [0.3, 0.4) is 0 Å². The van der Waals surface area contributed by atoms with Gasteiger partial charge in [0, 0.05) is 0 Å². The van der Waals surface area contributed by atoms with Gasteiger partial charge in [-0.1, -0.05) is 0 Å². The van der Waals surface area contributed by atoms with Gasteiger partial charge in [-0.3, -0.25) is 0 Å². The lowest BCUT2D eigenvalue weighted by Gasteiger charge is -2.24. The Morgan fingerprint density at radius 3 is 1.85 bits per heavy atom. The Labute approximate surface area is 82.6 Å². The van der Waals surface area contributed by atoms with E-state index in [2.05, 4.69) is 4.72 Å². The fraction of sp³-hybridized carbons (Fsp3) is 0.875. The summed E-state index contributed by atoms with van der Waals surface area (Å²) in [5.41, 5.74) is 0. The van der Waals surface area contributed by atoms with Crippen LogP contribution in [0.25, 0.3) is 0 Å². The van der Waals surface area contributed by atoms with Gasteiger partial charge in [0.1, 0.15) is 6.67 Å². The first kappa shape index (κ1) is 15.3. The fourth-order valence-corrected chi connectivity index (χ4v) is 1.35. The number of nitrogens with one attached hydrogen (secondary N) is 1. The molecule has 0 aliphatic heterocycles. The second-order valence-corrected chi connectivity index (χ2v) is 6.51. The summed E-state index contributed by atoms with van der Waals surface area (Å²) in [5, 5.41) is -0.357. The highest BCUT2D eigenvalue weighted by Crippen LogP contribution is 1.96. The van der Waals surface area contributed by atoms with E-state index in [1.165, 1.54) is 0 Å². The molecule has 0 saturated heterocycles. The Balaban J connectivity index is 0. The quantitative estimate of drug-likeness (QED) is 0.415. The number of hydrogen-bond donors (Lipinski definition) is 1. The summed E-state index contributed by atoms with van der Waals surface area (Å²) in [5.74, 6) is 0. The van der Waals surface area contributed by atoms with Crippen molar-refractivity contribution in [2.45, 2.75) is 19.1 Å². The van der Waals surface area contributed by atoms with Crippen molar-refractivity contribution in [2.24, 2.45) is 0 Å². The van der Waals surface area contributed by atoms with Crippen LogP contribution in [0.1, 0.15) is 13.8 Å². The summed E-state index contributed by atoms with van der Waals surface area (Å²) in [6.45, 7) is 3.76. The molecule has 0 spiro atoms. The van der Waals surface area contributed by atoms with Crippen LogP contribution in [0.4, 0.5) is 0 Å². The number of quaternary nitrogens is 1. The van der Waals surface area contributed by atoms with Crippen molar-refractivity contribution >= 4 is 10.0 Å². The summed E-state index contributed by atoms with van der Waals surface area (Å²) in [6, 6.07) is 0. The van der Waals surface area contributed by atoms with E-state index in [-0.39, 0.29) is 12.7 Å². The molecule has 82 valence electrons. The zero-order valence-corrected chi connectivity index (χ0v) is 10.3. The van der Waals surface area contributed by atoms with Crippen LogP contribution in [0.5, 0.6) is 0 Å². The molecule has 0 aromatic rings. The molecule has 0 fully saturated rings. The molecule has 0 bridgehead atoms. The molecule has 5 heteroatoms. The van der Waals surface area contributed by atoms with E-state index in [1.54, 1.807) is 13.8 Å². The third-order valence-electron chi connectivity index (χ3n) is 1.36. The molecular weight excluding hydrogens is 188 g/mol. The predicted octanol–water partition coefficient (Wildman–Crippen LogP) is 0.428. The zero-order chi connectivity index (χ0) is 9.99. The Bertz CT molecular complexity index is 227. The first-order chi connectivity index (χ1) is 5.15. The van der Waals surface area contributed by atoms with Gasteiger partial charge < -0.3 is 11.9 Å². The topological polar surface area (TPSA) is 46.2 Å². The molecule has 0 aromatic carbocycles. The van der Waals surface area contributed by atoms with Crippen molar-refractivity contribution in [3.63, 3.8) is 0 Å². The van der Waals surface area contributed by atoms with Gasteiger partial charge in [0.25, 0.3) is 0 Å². The van der Waals surface area contributed by atoms with Gasteiger partial charge in [-0.2, -0.15) is 4.72 Å². The minimum absolute atomic E-state index is 0. The maximum atomic E-state index is 11.3. The number of sulfonamides is 1. The summed E-state index contributed by atoms with van der Waals surface area (Å²) >= 11 is 0. The summed E-state index contributed by atoms with van der Waals surface area (Å²) in [4.78, 5) is 0. The minimum Gasteiger partial charge on any atom is -0.358 e. The molecule has 0 rings (SSSR count). The van der Waals surface area contributed by atoms with E-state index in [4.69, 9.17) is 0 Å². The van der Waals surface area contributed by atoms with E-state index >= 15 is 0 Å². The molecule has 0 aliphatic rings. The molecule has 0 atom stereocenters. The molecule has 0 unspecified atom stereocenters. The third-order valence-corrected chi connectivity index (χ3v) is 3.13. The van der Waals surface area contributed by atoms with Crippen LogP contribution in [0, 0.1) is 7.43 Å². The number of nitrogens with zero attached hydrogens (tertiary/aromatic N) is 1. The fourth-order valence-electron chi connectivity index (χ4n) is 0.450. The highest BCUT2D eigenvalue weighted by atomic mass is 32.2. The van der Waals surface area contributed by atoms with Crippen LogP contribution >= 0.6 is 0 Å². The first-order valence-corrected chi connectivity index (χ1v) is 5.49. The predicted molar refractivity (Wildman–Crippen MR) is 56.5 cm³/mol. The number of hydrogen-bond acceptors (Lipinski definition) is 2. The van der Waals surface area contributed by atoms with Crippen LogP contribution in [-0.2, 0) is 10.0 Å².